The second-order valence-electron chi connectivity index (χ2n) is 5.75. The summed E-state index contributed by atoms with van der Waals surface area (Å²) in [5, 5.41) is 6.47. The van der Waals surface area contributed by atoms with Crippen molar-refractivity contribution in [3.05, 3.63) is 0 Å². The molecule has 1 fully saturated rings. The normalized spacial score (nSPS) is 15.8. The van der Waals surface area contributed by atoms with Gasteiger partial charge in [-0.1, -0.05) is 13.8 Å². The highest BCUT2D eigenvalue weighted by molar-refractivity contribution is 5.85. The predicted octanol–water partition coefficient (Wildman–Crippen LogP) is 1.60. The Balaban J connectivity index is 2.31. The number of carbonyl (C=O) groups excluding carboxylic acids is 1. The minimum Gasteiger partial charge on any atom is -0.357 e. The van der Waals surface area contributed by atoms with Gasteiger partial charge < -0.3 is 15.5 Å². The van der Waals surface area contributed by atoms with Gasteiger partial charge in [-0.15, -0.1) is 0 Å². The monoisotopic (exact) mass is 282 g/mol. The van der Waals surface area contributed by atoms with Crippen LogP contribution < -0.4 is 10.6 Å². The summed E-state index contributed by atoms with van der Waals surface area (Å²) in [6.07, 6.45) is 4.59. The van der Waals surface area contributed by atoms with Crippen LogP contribution >= 0.6 is 0 Å². The molecule has 5 heteroatoms. The van der Waals surface area contributed by atoms with Crippen LogP contribution in [0.3, 0.4) is 0 Å². The zero-order chi connectivity index (χ0) is 14.8. The quantitative estimate of drug-likeness (QED) is 0.424. The molecule has 0 aromatic rings. The van der Waals surface area contributed by atoms with Crippen molar-refractivity contribution in [2.45, 2.75) is 46.5 Å². The molecule has 0 saturated carbocycles. The van der Waals surface area contributed by atoms with Gasteiger partial charge in [-0.2, -0.15) is 0 Å². The molecule has 0 unspecified atom stereocenters. The van der Waals surface area contributed by atoms with Crippen LogP contribution in [0.4, 0.5) is 0 Å². The van der Waals surface area contributed by atoms with Crippen molar-refractivity contribution in [1.82, 2.24) is 15.5 Å². The second kappa shape index (κ2) is 9.61. The molecule has 0 radical (unpaired) electrons. The van der Waals surface area contributed by atoms with Gasteiger partial charge in [0.05, 0.1) is 0 Å². The smallest absolute Gasteiger partial charge is 0.244 e. The third-order valence-electron chi connectivity index (χ3n) is 3.43. The summed E-state index contributed by atoms with van der Waals surface area (Å²) in [7, 11) is 0. The highest BCUT2D eigenvalue weighted by Crippen LogP contribution is 2.07. The molecule has 116 valence electrons. The molecule has 1 amide bonds. The molecule has 0 aliphatic carbocycles. The van der Waals surface area contributed by atoms with E-state index in [2.05, 4.69) is 29.5 Å². The lowest BCUT2D eigenvalue weighted by Crippen LogP contribution is -2.39. The molecular formula is C15H30N4O. The van der Waals surface area contributed by atoms with Crippen LogP contribution in [0.5, 0.6) is 0 Å². The maximum atomic E-state index is 11.9. The lowest BCUT2D eigenvalue weighted by atomic mass is 10.1. The van der Waals surface area contributed by atoms with Crippen molar-refractivity contribution in [3.8, 4) is 0 Å². The van der Waals surface area contributed by atoms with Crippen LogP contribution in [0.1, 0.15) is 46.5 Å². The number of likely N-dealkylation sites (tertiary alicyclic amines) is 1. The van der Waals surface area contributed by atoms with E-state index in [0.29, 0.717) is 0 Å². The molecule has 0 bridgehead atoms. The Bertz CT molecular complexity index is 309. The van der Waals surface area contributed by atoms with Crippen molar-refractivity contribution in [3.63, 3.8) is 0 Å². The average molecular weight is 282 g/mol. The Morgan fingerprint density at radius 3 is 2.55 bits per heavy atom. The van der Waals surface area contributed by atoms with Crippen molar-refractivity contribution < 1.29 is 4.79 Å². The summed E-state index contributed by atoms with van der Waals surface area (Å²) < 4.78 is 0. The summed E-state index contributed by atoms with van der Waals surface area (Å²) >= 11 is 0. The van der Waals surface area contributed by atoms with Crippen molar-refractivity contribution >= 4 is 11.9 Å². The molecule has 1 rings (SSSR count). The van der Waals surface area contributed by atoms with Gasteiger partial charge in [-0.05, 0) is 38.5 Å². The number of hydrogen-bond acceptors (Lipinski definition) is 2. The third-order valence-corrected chi connectivity index (χ3v) is 3.43. The molecule has 0 aromatic carbocycles. The van der Waals surface area contributed by atoms with Crippen molar-refractivity contribution in [1.29, 1.82) is 0 Å². The van der Waals surface area contributed by atoms with E-state index < -0.39 is 0 Å². The maximum Gasteiger partial charge on any atom is 0.244 e. The topological polar surface area (TPSA) is 56.7 Å². The molecule has 1 aliphatic rings. The first-order valence-corrected chi connectivity index (χ1v) is 7.93. The first-order valence-electron chi connectivity index (χ1n) is 7.93. The Kier molecular flexibility index (Phi) is 8.07. The van der Waals surface area contributed by atoms with Gasteiger partial charge in [0.15, 0.2) is 5.96 Å². The average Bonchev–Trinajstić information content (AvgIpc) is 2.94. The van der Waals surface area contributed by atoms with Gasteiger partial charge in [-0.3, -0.25) is 4.79 Å². The minimum absolute atomic E-state index is 0.141. The number of nitrogens with one attached hydrogen (secondary N) is 2. The van der Waals surface area contributed by atoms with Gasteiger partial charge in [-0.25, -0.2) is 4.99 Å². The summed E-state index contributed by atoms with van der Waals surface area (Å²) in [5.74, 6) is 1.62. The number of hydrogen-bond donors (Lipinski definition) is 2. The molecule has 0 atom stereocenters. The molecular weight excluding hydrogens is 252 g/mol. The summed E-state index contributed by atoms with van der Waals surface area (Å²) in [6.45, 7) is 10.3. The highest BCUT2D eigenvalue weighted by atomic mass is 16.2. The van der Waals surface area contributed by atoms with Crippen LogP contribution in [0.25, 0.3) is 0 Å². The number of aliphatic imine (C=N–C) groups is 1. The Morgan fingerprint density at radius 2 is 1.95 bits per heavy atom. The van der Waals surface area contributed by atoms with E-state index in [-0.39, 0.29) is 12.5 Å². The molecule has 1 saturated heterocycles. The number of rotatable bonds is 7. The van der Waals surface area contributed by atoms with E-state index in [1.807, 2.05) is 11.8 Å². The Hall–Kier alpha value is -1.26. The van der Waals surface area contributed by atoms with E-state index in [1.165, 1.54) is 6.42 Å². The fraction of sp³-hybridized carbons (Fsp3) is 0.867. The molecule has 0 spiro atoms. The van der Waals surface area contributed by atoms with Gasteiger partial charge >= 0.3 is 0 Å². The van der Waals surface area contributed by atoms with E-state index >= 15 is 0 Å². The number of amides is 1. The molecule has 5 nitrogen and oxygen atoms in total. The van der Waals surface area contributed by atoms with Crippen LogP contribution in [0, 0.1) is 5.92 Å². The first-order chi connectivity index (χ1) is 9.63. The number of guanidine groups is 1. The van der Waals surface area contributed by atoms with Crippen LogP contribution in [0.2, 0.25) is 0 Å². The van der Waals surface area contributed by atoms with E-state index in [0.717, 1.165) is 57.3 Å². The first kappa shape index (κ1) is 16.8. The molecule has 1 aliphatic heterocycles. The van der Waals surface area contributed by atoms with E-state index in [1.54, 1.807) is 0 Å². The fourth-order valence-electron chi connectivity index (χ4n) is 2.27. The van der Waals surface area contributed by atoms with E-state index in [4.69, 9.17) is 0 Å². The largest absolute Gasteiger partial charge is 0.357 e. The summed E-state index contributed by atoms with van der Waals surface area (Å²) in [4.78, 5) is 18.2. The van der Waals surface area contributed by atoms with Crippen LogP contribution in [-0.4, -0.2) is 49.5 Å². The predicted molar refractivity (Wildman–Crippen MR) is 83.9 cm³/mol. The Labute approximate surface area is 123 Å². The second-order valence-corrected chi connectivity index (χ2v) is 5.75. The molecule has 1 heterocycles. The van der Waals surface area contributed by atoms with E-state index in [9.17, 15) is 4.79 Å². The molecule has 2 N–H and O–H groups in total. The van der Waals surface area contributed by atoms with Gasteiger partial charge in [0.25, 0.3) is 0 Å². The zero-order valence-electron chi connectivity index (χ0n) is 13.2. The number of nitrogens with zero attached hydrogens (tertiary/aromatic N) is 2. The maximum absolute atomic E-state index is 11.9. The molecule has 0 aromatic heterocycles. The minimum atomic E-state index is 0.141. The van der Waals surface area contributed by atoms with Crippen LogP contribution in [-0.2, 0) is 4.79 Å². The fourth-order valence-corrected chi connectivity index (χ4v) is 2.27. The van der Waals surface area contributed by atoms with Crippen LogP contribution in [0.15, 0.2) is 4.99 Å². The van der Waals surface area contributed by atoms with Gasteiger partial charge in [0, 0.05) is 26.2 Å². The van der Waals surface area contributed by atoms with Crippen molar-refractivity contribution in [2.24, 2.45) is 10.9 Å². The number of carbonyl (C=O) groups is 1. The van der Waals surface area contributed by atoms with Gasteiger partial charge in [0.1, 0.15) is 6.54 Å². The SMILES string of the molecule is CCNC(=NCC(=O)N1CCCC1)NCCCC(C)C. The lowest BCUT2D eigenvalue weighted by Gasteiger charge is -2.15. The zero-order valence-corrected chi connectivity index (χ0v) is 13.2. The lowest BCUT2D eigenvalue weighted by molar-refractivity contribution is -0.128. The third kappa shape index (κ3) is 6.78. The highest BCUT2D eigenvalue weighted by Gasteiger charge is 2.17. The van der Waals surface area contributed by atoms with Gasteiger partial charge in [0.2, 0.25) is 5.91 Å². The standard InChI is InChI=1S/C15H30N4O/c1-4-16-15(17-9-7-8-13(2)3)18-12-14(20)19-10-5-6-11-19/h13H,4-12H2,1-3H3,(H2,16,17,18). The summed E-state index contributed by atoms with van der Waals surface area (Å²) in [6, 6.07) is 0. The Morgan fingerprint density at radius 1 is 1.25 bits per heavy atom. The van der Waals surface area contributed by atoms with Crippen molar-refractivity contribution in [2.75, 3.05) is 32.7 Å². The summed E-state index contributed by atoms with van der Waals surface area (Å²) in [5.41, 5.74) is 0. The molecule has 20 heavy (non-hydrogen) atoms.